The highest BCUT2D eigenvalue weighted by Crippen LogP contribution is 2.27. The van der Waals surface area contributed by atoms with E-state index in [-0.39, 0.29) is 5.56 Å². The number of rotatable bonds is 8. The van der Waals surface area contributed by atoms with E-state index in [1.165, 1.54) is 6.07 Å². The van der Waals surface area contributed by atoms with E-state index in [0.29, 0.717) is 25.5 Å². The van der Waals surface area contributed by atoms with Crippen molar-refractivity contribution in [3.05, 3.63) is 92.2 Å². The SMILES string of the molecule is CCN(Cc1cc(Br)ccc1OCc1ccccc1)c1ccc(C(=O)O)c(=O)[nH]1. The van der Waals surface area contributed by atoms with Crippen LogP contribution in [0, 0.1) is 0 Å². The van der Waals surface area contributed by atoms with Gasteiger partial charge in [0, 0.05) is 23.1 Å². The molecule has 0 aliphatic carbocycles. The van der Waals surface area contributed by atoms with E-state index in [4.69, 9.17) is 9.84 Å². The van der Waals surface area contributed by atoms with Crippen molar-refractivity contribution in [1.29, 1.82) is 0 Å². The molecule has 3 aromatic rings. The van der Waals surface area contributed by atoms with Gasteiger partial charge in [0.2, 0.25) is 0 Å². The van der Waals surface area contributed by atoms with E-state index < -0.39 is 11.5 Å². The van der Waals surface area contributed by atoms with E-state index in [1.807, 2.05) is 60.4 Å². The average molecular weight is 457 g/mol. The molecule has 0 aliphatic heterocycles. The van der Waals surface area contributed by atoms with E-state index >= 15 is 0 Å². The number of pyridine rings is 1. The van der Waals surface area contributed by atoms with Gasteiger partial charge in [0.15, 0.2) is 0 Å². The van der Waals surface area contributed by atoms with Crippen LogP contribution in [-0.4, -0.2) is 22.6 Å². The fourth-order valence-electron chi connectivity index (χ4n) is 2.94. The first kappa shape index (κ1) is 20.7. The lowest BCUT2D eigenvalue weighted by Gasteiger charge is -2.24. The maximum Gasteiger partial charge on any atom is 0.341 e. The number of nitrogens with zero attached hydrogens (tertiary/aromatic N) is 1. The zero-order valence-electron chi connectivity index (χ0n) is 15.9. The molecule has 0 saturated carbocycles. The molecule has 29 heavy (non-hydrogen) atoms. The van der Waals surface area contributed by atoms with Gasteiger partial charge in [-0.1, -0.05) is 46.3 Å². The fourth-order valence-corrected chi connectivity index (χ4v) is 3.35. The summed E-state index contributed by atoms with van der Waals surface area (Å²) in [6, 6.07) is 18.7. The summed E-state index contributed by atoms with van der Waals surface area (Å²) in [5, 5.41) is 9.05. The minimum Gasteiger partial charge on any atom is -0.489 e. The second kappa shape index (κ2) is 9.43. The summed E-state index contributed by atoms with van der Waals surface area (Å²) >= 11 is 3.50. The second-order valence-electron chi connectivity index (χ2n) is 6.43. The highest BCUT2D eigenvalue weighted by Gasteiger charge is 2.14. The topological polar surface area (TPSA) is 82.6 Å². The number of carboxylic acid groups (broad SMARTS) is 1. The average Bonchev–Trinajstić information content (AvgIpc) is 2.71. The fraction of sp³-hybridized carbons (Fsp3) is 0.182. The maximum absolute atomic E-state index is 12.0. The summed E-state index contributed by atoms with van der Waals surface area (Å²) < 4.78 is 6.96. The number of ether oxygens (including phenoxy) is 1. The third-order valence-electron chi connectivity index (χ3n) is 4.47. The smallest absolute Gasteiger partial charge is 0.341 e. The van der Waals surface area contributed by atoms with E-state index in [1.54, 1.807) is 6.07 Å². The van der Waals surface area contributed by atoms with Crippen LogP contribution in [0.3, 0.4) is 0 Å². The van der Waals surface area contributed by atoms with Gasteiger partial charge >= 0.3 is 5.97 Å². The summed E-state index contributed by atoms with van der Waals surface area (Å²) in [6.45, 7) is 3.52. The van der Waals surface area contributed by atoms with Gasteiger partial charge in [-0.2, -0.15) is 0 Å². The lowest BCUT2D eigenvalue weighted by Crippen LogP contribution is -2.27. The zero-order valence-corrected chi connectivity index (χ0v) is 17.5. The molecule has 0 saturated heterocycles. The Morgan fingerprint density at radius 3 is 2.55 bits per heavy atom. The van der Waals surface area contributed by atoms with Gasteiger partial charge in [0.05, 0.1) is 0 Å². The number of benzene rings is 2. The number of aromatic carboxylic acids is 1. The monoisotopic (exact) mass is 456 g/mol. The predicted octanol–water partition coefficient (Wildman–Crippen LogP) is 4.44. The number of hydrogen-bond acceptors (Lipinski definition) is 4. The van der Waals surface area contributed by atoms with Crippen molar-refractivity contribution >= 4 is 27.7 Å². The van der Waals surface area contributed by atoms with Gasteiger partial charge in [-0.3, -0.25) is 4.79 Å². The Morgan fingerprint density at radius 2 is 1.90 bits per heavy atom. The molecule has 0 radical (unpaired) electrons. The lowest BCUT2D eigenvalue weighted by molar-refractivity contribution is 0.0695. The molecular weight excluding hydrogens is 436 g/mol. The van der Waals surface area contributed by atoms with Gasteiger partial charge in [-0.25, -0.2) is 4.79 Å². The molecule has 6 nitrogen and oxygen atoms in total. The Morgan fingerprint density at radius 1 is 1.14 bits per heavy atom. The molecule has 7 heteroatoms. The number of carbonyl (C=O) groups is 1. The summed E-state index contributed by atoms with van der Waals surface area (Å²) in [4.78, 5) is 27.7. The van der Waals surface area contributed by atoms with Crippen molar-refractivity contribution in [3.8, 4) is 5.75 Å². The first-order valence-corrected chi connectivity index (χ1v) is 9.94. The van der Waals surface area contributed by atoms with E-state index in [2.05, 4.69) is 20.9 Å². The van der Waals surface area contributed by atoms with Crippen molar-refractivity contribution in [1.82, 2.24) is 4.98 Å². The first-order valence-electron chi connectivity index (χ1n) is 9.14. The molecule has 0 atom stereocenters. The Hall–Kier alpha value is -3.06. The number of hydrogen-bond donors (Lipinski definition) is 2. The minimum atomic E-state index is -1.25. The van der Waals surface area contributed by atoms with Gasteiger partial charge in [-0.05, 0) is 42.8 Å². The van der Waals surface area contributed by atoms with Crippen LogP contribution in [0.25, 0.3) is 0 Å². The zero-order chi connectivity index (χ0) is 20.8. The van der Waals surface area contributed by atoms with Crippen molar-refractivity contribution in [3.63, 3.8) is 0 Å². The van der Waals surface area contributed by atoms with E-state index in [0.717, 1.165) is 21.3 Å². The molecule has 0 amide bonds. The van der Waals surface area contributed by atoms with Gasteiger partial charge < -0.3 is 19.7 Å². The number of halogens is 1. The highest BCUT2D eigenvalue weighted by molar-refractivity contribution is 9.10. The lowest BCUT2D eigenvalue weighted by atomic mass is 10.1. The number of aromatic nitrogens is 1. The van der Waals surface area contributed by atoms with Gasteiger partial charge in [0.25, 0.3) is 5.56 Å². The molecular formula is C22H21BrN2O4. The molecule has 150 valence electrons. The Bertz CT molecular complexity index is 1050. The molecule has 0 fully saturated rings. The molecule has 1 aromatic heterocycles. The largest absolute Gasteiger partial charge is 0.489 e. The van der Waals surface area contributed by atoms with Crippen LogP contribution in [-0.2, 0) is 13.2 Å². The molecule has 2 aromatic carbocycles. The highest BCUT2D eigenvalue weighted by atomic mass is 79.9. The Balaban J connectivity index is 1.83. The van der Waals surface area contributed by atoms with Crippen molar-refractivity contribution < 1.29 is 14.6 Å². The summed E-state index contributed by atoms with van der Waals surface area (Å²) in [7, 11) is 0. The first-order chi connectivity index (χ1) is 14.0. The molecule has 0 bridgehead atoms. The van der Waals surface area contributed by atoms with Crippen LogP contribution < -0.4 is 15.2 Å². The number of nitrogens with one attached hydrogen (secondary N) is 1. The molecule has 0 spiro atoms. The molecule has 3 rings (SSSR count). The molecule has 1 heterocycles. The Labute approximate surface area is 176 Å². The standard InChI is InChI=1S/C22H21BrN2O4/c1-2-25(20-11-9-18(22(27)28)21(26)24-20)13-16-12-17(23)8-10-19(16)29-14-15-6-4-3-5-7-15/h3-12H,2,13-14H2,1H3,(H,24,26)(H,27,28). The molecule has 2 N–H and O–H groups in total. The predicted molar refractivity (Wildman–Crippen MR) is 116 cm³/mol. The summed E-state index contributed by atoms with van der Waals surface area (Å²) in [5.41, 5.74) is 1.12. The van der Waals surface area contributed by atoms with Crippen LogP contribution in [0.1, 0.15) is 28.4 Å². The summed E-state index contributed by atoms with van der Waals surface area (Å²) in [5.74, 6) is 0.0564. The number of aromatic amines is 1. The van der Waals surface area contributed by atoms with Crippen LogP contribution in [0.2, 0.25) is 0 Å². The van der Waals surface area contributed by atoms with Crippen molar-refractivity contribution in [2.24, 2.45) is 0 Å². The van der Waals surface area contributed by atoms with Crippen LogP contribution in [0.15, 0.2) is 69.9 Å². The molecule has 0 unspecified atom stereocenters. The minimum absolute atomic E-state index is 0.279. The van der Waals surface area contributed by atoms with E-state index in [9.17, 15) is 9.59 Å². The van der Waals surface area contributed by atoms with Crippen LogP contribution >= 0.6 is 15.9 Å². The van der Waals surface area contributed by atoms with Crippen LogP contribution in [0.4, 0.5) is 5.82 Å². The summed E-state index contributed by atoms with van der Waals surface area (Å²) in [6.07, 6.45) is 0. The maximum atomic E-state index is 12.0. The van der Waals surface area contributed by atoms with Gasteiger partial charge in [0.1, 0.15) is 23.7 Å². The second-order valence-corrected chi connectivity index (χ2v) is 7.35. The van der Waals surface area contributed by atoms with Crippen LogP contribution in [0.5, 0.6) is 5.75 Å². The third-order valence-corrected chi connectivity index (χ3v) is 4.96. The quantitative estimate of drug-likeness (QED) is 0.523. The Kier molecular flexibility index (Phi) is 6.72. The number of H-pyrrole nitrogens is 1. The third kappa shape index (κ3) is 5.26. The van der Waals surface area contributed by atoms with Crippen molar-refractivity contribution in [2.45, 2.75) is 20.1 Å². The normalized spacial score (nSPS) is 10.6. The number of anilines is 1. The molecule has 0 aliphatic rings. The van der Waals surface area contributed by atoms with Gasteiger partial charge in [-0.15, -0.1) is 0 Å². The number of carboxylic acids is 1. The van der Waals surface area contributed by atoms with Crippen molar-refractivity contribution in [2.75, 3.05) is 11.4 Å².